The number of aliphatic imine (C=N–C) groups is 1. The van der Waals surface area contributed by atoms with Crippen LogP contribution in [0.2, 0.25) is 5.02 Å². The summed E-state index contributed by atoms with van der Waals surface area (Å²) in [6, 6.07) is 14.1. The van der Waals surface area contributed by atoms with Crippen LogP contribution in [0.15, 0.2) is 71.9 Å². The van der Waals surface area contributed by atoms with E-state index in [2.05, 4.69) is 15.3 Å². The van der Waals surface area contributed by atoms with E-state index >= 15 is 0 Å². The van der Waals surface area contributed by atoms with Gasteiger partial charge in [-0.1, -0.05) is 35.0 Å². The fourth-order valence-corrected chi connectivity index (χ4v) is 3.54. The second kappa shape index (κ2) is 13.9. The average Bonchev–Trinajstić information content (AvgIpc) is 3.38. The predicted octanol–water partition coefficient (Wildman–Crippen LogP) is 3.99. The number of carbonyl (C=O) groups is 2. The van der Waals surface area contributed by atoms with Crippen molar-refractivity contribution in [3.8, 4) is 5.75 Å². The number of rotatable bonds is 9. The predicted molar refractivity (Wildman–Crippen MR) is 142 cm³/mol. The monoisotopic (exact) mass is 572 g/mol. The van der Waals surface area contributed by atoms with Crippen LogP contribution in [0, 0.1) is 17.5 Å². The molecule has 0 aliphatic rings. The van der Waals surface area contributed by atoms with E-state index in [-0.39, 0.29) is 35.5 Å². The highest BCUT2D eigenvalue weighted by atomic mass is 35.5. The maximum atomic E-state index is 13.5. The maximum Gasteiger partial charge on any atom is 0.270 e. The van der Waals surface area contributed by atoms with Gasteiger partial charge < -0.3 is 16.6 Å². The Bertz CT molecular complexity index is 1510. The lowest BCUT2D eigenvalue weighted by atomic mass is 10.0. The van der Waals surface area contributed by atoms with Crippen molar-refractivity contribution >= 4 is 29.1 Å². The van der Waals surface area contributed by atoms with E-state index in [0.29, 0.717) is 29.3 Å². The van der Waals surface area contributed by atoms with Crippen molar-refractivity contribution in [3.63, 3.8) is 0 Å². The molecule has 0 bridgehead atoms. The number of aromatic hydroxyl groups is 1. The minimum Gasteiger partial charge on any atom is -0.507 e. The van der Waals surface area contributed by atoms with E-state index in [1.165, 1.54) is 30.5 Å². The average molecular weight is 573 g/mol. The number of phenolic OH excluding ortho intramolecular Hbond substituents is 1. The molecule has 0 saturated heterocycles. The number of carbonyl (C=O) groups excluding carboxylic acids is 2. The summed E-state index contributed by atoms with van der Waals surface area (Å²) in [7, 11) is 0. The highest BCUT2D eigenvalue weighted by molar-refractivity contribution is 6.30. The summed E-state index contributed by atoms with van der Waals surface area (Å²) in [5.74, 6) is -3.05. The number of phenols is 1. The molecule has 0 fully saturated rings. The van der Waals surface area contributed by atoms with Gasteiger partial charge in [0.2, 0.25) is 5.91 Å². The van der Waals surface area contributed by atoms with Crippen LogP contribution in [0.25, 0.3) is 0 Å². The standard InChI is InChI=1S/C17H16ClFN2O2.C10H8F2N4O/c18-12-5-3-11(4-6-12)17(21-9-1-2-16(20)23)14-10-13(19)7-8-15(14)22;11-7-2-1-3-8(12)6(7)4-16-5-9(10(13)17)14-15-16/h3-8,10,22H,1-2,9H2,(H2,20,23);1-3,5H,4H2,(H2,13,17)/b21-17+;. The second-order valence-corrected chi connectivity index (χ2v) is 8.77. The van der Waals surface area contributed by atoms with Crippen molar-refractivity contribution in [2.45, 2.75) is 19.4 Å². The number of halogens is 4. The molecular formula is C27H24ClF3N6O3. The Hall–Kier alpha value is -4.71. The zero-order valence-corrected chi connectivity index (χ0v) is 21.7. The molecule has 3 aromatic carbocycles. The van der Waals surface area contributed by atoms with E-state index in [1.807, 2.05) is 0 Å². The lowest BCUT2D eigenvalue weighted by Crippen LogP contribution is -2.11. The van der Waals surface area contributed by atoms with Gasteiger partial charge in [-0.2, -0.15) is 0 Å². The Balaban J connectivity index is 0.000000230. The van der Waals surface area contributed by atoms with Crippen molar-refractivity contribution in [1.29, 1.82) is 0 Å². The van der Waals surface area contributed by atoms with Gasteiger partial charge in [-0.3, -0.25) is 14.6 Å². The molecule has 208 valence electrons. The molecule has 0 aliphatic carbocycles. The molecule has 0 spiro atoms. The van der Waals surface area contributed by atoms with Gasteiger partial charge in [-0.15, -0.1) is 5.10 Å². The molecule has 4 rings (SSSR count). The van der Waals surface area contributed by atoms with Gasteiger partial charge in [0.05, 0.1) is 18.5 Å². The Morgan fingerprint density at radius 2 is 1.68 bits per heavy atom. The number of primary amides is 2. The minimum absolute atomic E-state index is 0.0539. The Morgan fingerprint density at radius 3 is 2.27 bits per heavy atom. The molecule has 4 aromatic rings. The molecule has 0 saturated carbocycles. The molecule has 0 unspecified atom stereocenters. The normalized spacial score (nSPS) is 11.1. The third-order valence-corrected chi connectivity index (χ3v) is 5.61. The first-order chi connectivity index (χ1) is 19.0. The molecule has 0 aliphatic heterocycles. The highest BCUT2D eigenvalue weighted by Gasteiger charge is 2.14. The van der Waals surface area contributed by atoms with Crippen molar-refractivity contribution in [3.05, 3.63) is 112 Å². The summed E-state index contributed by atoms with van der Waals surface area (Å²) < 4.78 is 41.3. The van der Waals surface area contributed by atoms with E-state index < -0.39 is 29.3 Å². The second-order valence-electron chi connectivity index (χ2n) is 8.33. The van der Waals surface area contributed by atoms with E-state index in [0.717, 1.165) is 16.8 Å². The Morgan fingerprint density at radius 1 is 1.00 bits per heavy atom. The number of hydrogen-bond acceptors (Lipinski definition) is 6. The molecule has 0 atom stereocenters. The number of nitrogens with two attached hydrogens (primary N) is 2. The minimum atomic E-state index is -0.745. The third-order valence-electron chi connectivity index (χ3n) is 5.36. The zero-order chi connectivity index (χ0) is 29.2. The van der Waals surface area contributed by atoms with E-state index in [9.17, 15) is 27.9 Å². The fourth-order valence-electron chi connectivity index (χ4n) is 3.42. The summed E-state index contributed by atoms with van der Waals surface area (Å²) in [4.78, 5) is 26.0. The quantitative estimate of drug-likeness (QED) is 0.205. The summed E-state index contributed by atoms with van der Waals surface area (Å²) in [6.45, 7) is 0.176. The lowest BCUT2D eigenvalue weighted by molar-refractivity contribution is -0.118. The smallest absolute Gasteiger partial charge is 0.270 e. The first-order valence-electron chi connectivity index (χ1n) is 11.8. The van der Waals surface area contributed by atoms with Crippen LogP contribution >= 0.6 is 11.6 Å². The van der Waals surface area contributed by atoms with Crippen LogP contribution in [0.3, 0.4) is 0 Å². The molecular weight excluding hydrogens is 549 g/mol. The fraction of sp³-hybridized carbons (Fsp3) is 0.148. The van der Waals surface area contributed by atoms with Crippen LogP contribution in [0.1, 0.15) is 40.0 Å². The van der Waals surface area contributed by atoms with Crippen LogP contribution in [0.5, 0.6) is 5.75 Å². The van der Waals surface area contributed by atoms with Gasteiger partial charge in [0.15, 0.2) is 5.69 Å². The Labute approximate surface area is 231 Å². The zero-order valence-electron chi connectivity index (χ0n) is 20.9. The number of hydrogen-bond donors (Lipinski definition) is 3. The topological polar surface area (TPSA) is 149 Å². The summed E-state index contributed by atoms with van der Waals surface area (Å²) in [5.41, 5.74) is 11.3. The SMILES string of the molecule is NC(=O)CCC/N=C(\c1ccc(Cl)cc1)c1cc(F)ccc1O.NC(=O)c1cn(Cc2c(F)cccc2F)nn1. The van der Waals surface area contributed by atoms with Gasteiger partial charge in [-0.25, -0.2) is 17.9 Å². The van der Waals surface area contributed by atoms with Gasteiger partial charge in [-0.05, 0) is 48.9 Å². The molecule has 5 N–H and O–H groups in total. The van der Waals surface area contributed by atoms with Crippen LogP contribution in [-0.2, 0) is 11.3 Å². The van der Waals surface area contributed by atoms with E-state index in [1.54, 1.807) is 24.3 Å². The summed E-state index contributed by atoms with van der Waals surface area (Å²) in [6.07, 6.45) is 1.92. The van der Waals surface area contributed by atoms with Gasteiger partial charge >= 0.3 is 0 Å². The van der Waals surface area contributed by atoms with Gasteiger partial charge in [0.1, 0.15) is 23.2 Å². The number of amides is 2. The summed E-state index contributed by atoms with van der Waals surface area (Å²) in [5, 5.41) is 17.6. The van der Waals surface area contributed by atoms with Gasteiger partial charge in [0, 0.05) is 34.7 Å². The van der Waals surface area contributed by atoms with Crippen molar-refractivity contribution in [2.75, 3.05) is 6.54 Å². The molecule has 40 heavy (non-hydrogen) atoms. The molecule has 2 amide bonds. The van der Waals surface area contributed by atoms with Crippen molar-refractivity contribution in [2.24, 2.45) is 16.5 Å². The first kappa shape index (κ1) is 29.8. The molecule has 13 heteroatoms. The van der Waals surface area contributed by atoms with Crippen molar-refractivity contribution in [1.82, 2.24) is 15.0 Å². The molecule has 1 aromatic heterocycles. The highest BCUT2D eigenvalue weighted by Crippen LogP contribution is 2.23. The van der Waals surface area contributed by atoms with Crippen LogP contribution < -0.4 is 11.5 Å². The molecule has 1 heterocycles. The largest absolute Gasteiger partial charge is 0.507 e. The number of aromatic nitrogens is 3. The molecule has 0 radical (unpaired) electrons. The summed E-state index contributed by atoms with van der Waals surface area (Å²) >= 11 is 5.88. The Kier molecular flexibility index (Phi) is 10.4. The lowest BCUT2D eigenvalue weighted by Gasteiger charge is -2.10. The molecule has 9 nitrogen and oxygen atoms in total. The van der Waals surface area contributed by atoms with Crippen LogP contribution in [0.4, 0.5) is 13.2 Å². The van der Waals surface area contributed by atoms with Gasteiger partial charge in [0.25, 0.3) is 5.91 Å². The maximum absolute atomic E-state index is 13.5. The third kappa shape index (κ3) is 8.40. The first-order valence-corrected chi connectivity index (χ1v) is 12.1. The van der Waals surface area contributed by atoms with Crippen LogP contribution in [-0.4, -0.2) is 44.2 Å². The van der Waals surface area contributed by atoms with Crippen molar-refractivity contribution < 1.29 is 27.9 Å². The number of benzene rings is 3. The number of nitrogens with zero attached hydrogens (tertiary/aromatic N) is 4. The van der Waals surface area contributed by atoms with E-state index in [4.69, 9.17) is 23.1 Å².